The lowest BCUT2D eigenvalue weighted by atomic mass is 10.0. The van der Waals surface area contributed by atoms with Crippen molar-refractivity contribution in [1.29, 1.82) is 0 Å². The molecular weight excluding hydrogens is 428 g/mol. The number of furan rings is 1. The molecule has 34 heavy (non-hydrogen) atoms. The second-order valence-corrected chi connectivity index (χ2v) is 9.48. The van der Waals surface area contributed by atoms with Crippen molar-refractivity contribution in [2.45, 2.75) is 78.0 Å². The molecule has 3 heterocycles. The van der Waals surface area contributed by atoms with Crippen LogP contribution in [0, 0.1) is 13.8 Å². The number of aryl methyl sites for hydroxylation is 2. The van der Waals surface area contributed by atoms with Crippen molar-refractivity contribution in [3.8, 4) is 0 Å². The second-order valence-electron chi connectivity index (χ2n) is 9.48. The number of rotatable bonds is 8. The summed E-state index contributed by atoms with van der Waals surface area (Å²) in [5.41, 5.74) is 3.97. The van der Waals surface area contributed by atoms with Gasteiger partial charge in [-0.25, -0.2) is 4.68 Å². The summed E-state index contributed by atoms with van der Waals surface area (Å²) in [6.45, 7) is 7.35. The molecule has 1 unspecified atom stereocenters. The summed E-state index contributed by atoms with van der Waals surface area (Å²) >= 11 is 0. The Bertz CT molecular complexity index is 1320. The Morgan fingerprint density at radius 1 is 1.24 bits per heavy atom. The Kier molecular flexibility index (Phi) is 6.32. The largest absolute Gasteiger partial charge is 0.467 e. The fourth-order valence-corrected chi connectivity index (χ4v) is 5.45. The van der Waals surface area contributed by atoms with Gasteiger partial charge in [0.25, 0.3) is 5.56 Å². The third kappa shape index (κ3) is 4.42. The molecule has 8 heteroatoms. The molecule has 1 saturated carbocycles. The van der Waals surface area contributed by atoms with Crippen molar-refractivity contribution >= 4 is 10.9 Å². The summed E-state index contributed by atoms with van der Waals surface area (Å²) in [6.07, 6.45) is 7.18. The number of aromatic amines is 1. The third-order valence-corrected chi connectivity index (χ3v) is 7.05. The first-order valence-corrected chi connectivity index (χ1v) is 12.2. The van der Waals surface area contributed by atoms with E-state index in [2.05, 4.69) is 57.5 Å². The highest BCUT2D eigenvalue weighted by molar-refractivity contribution is 5.82. The second kappa shape index (κ2) is 9.54. The molecule has 8 nitrogen and oxygen atoms in total. The maximum Gasteiger partial charge on any atom is 0.252 e. The van der Waals surface area contributed by atoms with Gasteiger partial charge in [0.15, 0.2) is 5.82 Å². The molecular formula is C26H32N6O2. The maximum absolute atomic E-state index is 13.2. The first kappa shape index (κ1) is 22.5. The van der Waals surface area contributed by atoms with E-state index in [1.165, 1.54) is 18.4 Å². The van der Waals surface area contributed by atoms with Crippen LogP contribution in [0.5, 0.6) is 0 Å². The minimum Gasteiger partial charge on any atom is -0.467 e. The van der Waals surface area contributed by atoms with Crippen LogP contribution in [-0.4, -0.2) is 36.1 Å². The highest BCUT2D eigenvalue weighted by atomic mass is 16.3. The van der Waals surface area contributed by atoms with Crippen LogP contribution in [0.3, 0.4) is 0 Å². The topological polar surface area (TPSA) is 92.8 Å². The number of benzene rings is 1. The Hall–Kier alpha value is -3.26. The Morgan fingerprint density at radius 2 is 2.06 bits per heavy atom. The molecule has 178 valence electrons. The van der Waals surface area contributed by atoms with E-state index in [0.29, 0.717) is 19.1 Å². The van der Waals surface area contributed by atoms with Crippen LogP contribution in [0.25, 0.3) is 10.9 Å². The van der Waals surface area contributed by atoms with E-state index < -0.39 is 0 Å². The van der Waals surface area contributed by atoms with Crippen LogP contribution in [0.4, 0.5) is 0 Å². The number of aromatic nitrogens is 5. The highest BCUT2D eigenvalue weighted by Gasteiger charge is 2.32. The molecule has 4 aromatic rings. The molecule has 1 fully saturated rings. The lowest BCUT2D eigenvalue weighted by molar-refractivity contribution is 0.112. The van der Waals surface area contributed by atoms with Gasteiger partial charge in [0, 0.05) is 18.2 Å². The molecule has 1 aromatic carbocycles. The number of nitrogens with one attached hydrogen (secondary N) is 1. The first-order valence-electron chi connectivity index (χ1n) is 12.2. The summed E-state index contributed by atoms with van der Waals surface area (Å²) in [7, 11) is 0. The predicted octanol–water partition coefficient (Wildman–Crippen LogP) is 4.67. The minimum atomic E-state index is -0.0209. The van der Waals surface area contributed by atoms with Crippen molar-refractivity contribution in [2.24, 2.45) is 0 Å². The van der Waals surface area contributed by atoms with Crippen molar-refractivity contribution in [3.63, 3.8) is 0 Å². The van der Waals surface area contributed by atoms with Crippen LogP contribution < -0.4 is 5.56 Å². The van der Waals surface area contributed by atoms with Gasteiger partial charge in [-0.1, -0.05) is 31.4 Å². The quantitative estimate of drug-likeness (QED) is 0.411. The van der Waals surface area contributed by atoms with Gasteiger partial charge in [0.1, 0.15) is 12.3 Å². The van der Waals surface area contributed by atoms with Gasteiger partial charge in [-0.05, 0) is 78.8 Å². The normalized spacial score (nSPS) is 15.5. The smallest absolute Gasteiger partial charge is 0.252 e. The Morgan fingerprint density at radius 3 is 2.79 bits per heavy atom. The average Bonchev–Trinajstić information content (AvgIpc) is 3.58. The minimum absolute atomic E-state index is 0.00223. The van der Waals surface area contributed by atoms with Gasteiger partial charge in [-0.15, -0.1) is 5.10 Å². The van der Waals surface area contributed by atoms with E-state index >= 15 is 0 Å². The number of tetrazole rings is 1. The van der Waals surface area contributed by atoms with E-state index in [-0.39, 0.29) is 11.6 Å². The number of hydrogen-bond acceptors (Lipinski definition) is 6. The molecule has 0 radical (unpaired) electrons. The highest BCUT2D eigenvalue weighted by Crippen LogP contribution is 2.34. The molecule has 0 aliphatic heterocycles. The van der Waals surface area contributed by atoms with Gasteiger partial charge in [0.05, 0.1) is 17.8 Å². The first-order chi connectivity index (χ1) is 16.5. The molecule has 0 bridgehead atoms. The molecule has 1 aliphatic rings. The van der Waals surface area contributed by atoms with Crippen molar-refractivity contribution in [3.05, 3.63) is 75.2 Å². The Balaban J connectivity index is 1.52. The van der Waals surface area contributed by atoms with Crippen LogP contribution in [0.2, 0.25) is 0 Å². The van der Waals surface area contributed by atoms with E-state index in [0.717, 1.165) is 52.9 Å². The molecule has 0 spiro atoms. The monoisotopic (exact) mass is 460 g/mol. The summed E-state index contributed by atoms with van der Waals surface area (Å²) in [4.78, 5) is 18.8. The third-order valence-electron chi connectivity index (χ3n) is 7.05. The van der Waals surface area contributed by atoms with E-state index in [4.69, 9.17) is 4.42 Å². The summed E-state index contributed by atoms with van der Waals surface area (Å²) < 4.78 is 7.36. The van der Waals surface area contributed by atoms with Gasteiger partial charge in [0.2, 0.25) is 0 Å². The van der Waals surface area contributed by atoms with E-state index in [1.54, 1.807) is 6.26 Å². The van der Waals surface area contributed by atoms with Gasteiger partial charge in [-0.2, -0.15) is 0 Å². The molecule has 1 aliphatic carbocycles. The number of H-pyrrole nitrogens is 1. The summed E-state index contributed by atoms with van der Waals surface area (Å²) in [5.74, 6) is 1.63. The maximum atomic E-state index is 13.2. The predicted molar refractivity (Wildman–Crippen MR) is 131 cm³/mol. The Labute approximate surface area is 199 Å². The zero-order chi connectivity index (χ0) is 23.7. The van der Waals surface area contributed by atoms with E-state index in [9.17, 15) is 4.79 Å². The molecule has 0 saturated heterocycles. The van der Waals surface area contributed by atoms with Crippen LogP contribution in [0.15, 0.2) is 45.8 Å². The van der Waals surface area contributed by atoms with Gasteiger partial charge < -0.3 is 9.40 Å². The molecule has 1 atom stereocenters. The SMILES string of the molecule is CCC(c1nnnn1Cc1ccco1)N(Cc1cc2cc(C)cc(C)c2[nH]c1=O)C1CCCC1. The number of hydrogen-bond donors (Lipinski definition) is 1. The lowest BCUT2D eigenvalue weighted by Gasteiger charge is -2.35. The standard InChI is InChI=1S/C26H32N6O2/c1-4-23(25-28-29-30-32(25)16-22-10-7-11-34-22)31(21-8-5-6-9-21)15-20-14-19-13-17(2)12-18(3)24(19)27-26(20)33/h7,10-14,21,23H,4-6,8-9,15-16H2,1-3H3,(H,27,33). The van der Waals surface area contributed by atoms with Crippen LogP contribution in [-0.2, 0) is 13.1 Å². The fourth-order valence-electron chi connectivity index (χ4n) is 5.45. The molecule has 1 N–H and O–H groups in total. The van der Waals surface area contributed by atoms with Crippen molar-refractivity contribution < 1.29 is 4.42 Å². The molecule has 3 aromatic heterocycles. The lowest BCUT2D eigenvalue weighted by Crippen LogP contribution is -2.39. The number of pyridine rings is 1. The van der Waals surface area contributed by atoms with Crippen molar-refractivity contribution in [1.82, 2.24) is 30.1 Å². The number of fused-ring (bicyclic) bond motifs is 1. The van der Waals surface area contributed by atoms with Gasteiger partial charge in [-0.3, -0.25) is 9.69 Å². The zero-order valence-corrected chi connectivity index (χ0v) is 20.1. The van der Waals surface area contributed by atoms with Gasteiger partial charge >= 0.3 is 0 Å². The van der Waals surface area contributed by atoms with Crippen molar-refractivity contribution in [2.75, 3.05) is 0 Å². The number of nitrogens with zero attached hydrogens (tertiary/aromatic N) is 5. The fraction of sp³-hybridized carbons (Fsp3) is 0.462. The molecule has 5 rings (SSSR count). The zero-order valence-electron chi connectivity index (χ0n) is 20.1. The summed E-state index contributed by atoms with van der Waals surface area (Å²) in [6, 6.07) is 10.5. The van der Waals surface area contributed by atoms with Crippen LogP contribution in [0.1, 0.15) is 73.3 Å². The van der Waals surface area contributed by atoms with E-state index in [1.807, 2.05) is 23.7 Å². The van der Waals surface area contributed by atoms with Crippen LogP contribution >= 0.6 is 0 Å². The molecule has 0 amide bonds. The average molecular weight is 461 g/mol. The summed E-state index contributed by atoms with van der Waals surface area (Å²) in [5, 5.41) is 13.8.